The molecule has 2 aromatic heterocycles. The number of aryl methyl sites for hydroxylation is 2. The van der Waals surface area contributed by atoms with E-state index in [-0.39, 0.29) is 24.7 Å². The topological polar surface area (TPSA) is 90.6 Å². The number of anilines is 1. The van der Waals surface area contributed by atoms with Gasteiger partial charge in [-0.15, -0.1) is 0 Å². The van der Waals surface area contributed by atoms with Gasteiger partial charge in [0.05, 0.1) is 19.9 Å². The van der Waals surface area contributed by atoms with Crippen LogP contribution in [0.25, 0.3) is 11.4 Å². The number of nitrogens with one attached hydrogen (secondary N) is 1. The summed E-state index contributed by atoms with van der Waals surface area (Å²) >= 11 is 0. The zero-order chi connectivity index (χ0) is 24.1. The Balaban J connectivity index is 1.28. The number of methoxy groups -OCH3 is 2. The number of aromatic nitrogens is 3. The number of carbonyl (C=O) groups is 2. The third-order valence-electron chi connectivity index (χ3n) is 6.04. The van der Waals surface area contributed by atoms with Crippen molar-refractivity contribution in [3.8, 4) is 22.9 Å². The van der Waals surface area contributed by atoms with Crippen LogP contribution in [0.4, 0.5) is 5.82 Å². The zero-order valence-corrected chi connectivity index (χ0v) is 19.9. The molecule has 0 aliphatic carbocycles. The molecule has 0 saturated heterocycles. The van der Waals surface area contributed by atoms with Crippen LogP contribution in [0.1, 0.15) is 24.8 Å². The van der Waals surface area contributed by atoms with Crippen LogP contribution in [0.2, 0.25) is 0 Å². The average molecular weight is 466 g/mol. The van der Waals surface area contributed by atoms with Gasteiger partial charge in [0, 0.05) is 51.8 Å². The smallest absolute Gasteiger partial charge is 0.228 e. The number of hydrogen-bond acceptors (Lipinski definition) is 5. The number of amides is 2. The minimum absolute atomic E-state index is 0.0608. The maximum atomic E-state index is 12.9. The highest BCUT2D eigenvalue weighted by atomic mass is 16.5. The molecule has 180 valence electrons. The SMILES string of the molecule is COc1ccc(CCNC(=O)CCC(=O)N2CCCn3nc(-c4cccn4C)cc32)cc1OC. The van der Waals surface area contributed by atoms with Gasteiger partial charge in [0.1, 0.15) is 11.5 Å². The molecule has 2 amide bonds. The first-order chi connectivity index (χ1) is 16.5. The second-order valence-electron chi connectivity index (χ2n) is 8.30. The summed E-state index contributed by atoms with van der Waals surface area (Å²) in [6.07, 6.45) is 3.78. The van der Waals surface area contributed by atoms with Crippen molar-refractivity contribution < 1.29 is 19.1 Å². The lowest BCUT2D eigenvalue weighted by Gasteiger charge is -2.27. The highest BCUT2D eigenvalue weighted by Gasteiger charge is 2.25. The van der Waals surface area contributed by atoms with E-state index < -0.39 is 0 Å². The largest absolute Gasteiger partial charge is 0.493 e. The minimum atomic E-state index is -0.135. The van der Waals surface area contributed by atoms with Crippen LogP contribution in [-0.2, 0) is 29.6 Å². The number of fused-ring (bicyclic) bond motifs is 1. The van der Waals surface area contributed by atoms with Crippen molar-refractivity contribution >= 4 is 17.6 Å². The molecule has 34 heavy (non-hydrogen) atoms. The molecule has 0 unspecified atom stereocenters. The maximum Gasteiger partial charge on any atom is 0.228 e. The fraction of sp³-hybridized carbons (Fsp3) is 0.400. The number of carbonyl (C=O) groups excluding carboxylic acids is 2. The number of nitrogens with zero attached hydrogens (tertiary/aromatic N) is 4. The lowest BCUT2D eigenvalue weighted by Crippen LogP contribution is -2.38. The van der Waals surface area contributed by atoms with E-state index in [1.54, 1.807) is 19.1 Å². The molecule has 0 saturated carbocycles. The van der Waals surface area contributed by atoms with E-state index in [0.29, 0.717) is 31.0 Å². The van der Waals surface area contributed by atoms with Gasteiger partial charge in [-0.3, -0.25) is 14.5 Å². The Labute approximate surface area is 199 Å². The van der Waals surface area contributed by atoms with E-state index in [1.807, 2.05) is 58.9 Å². The summed E-state index contributed by atoms with van der Waals surface area (Å²) < 4.78 is 14.5. The second-order valence-corrected chi connectivity index (χ2v) is 8.30. The molecular weight excluding hydrogens is 434 g/mol. The van der Waals surface area contributed by atoms with Crippen molar-refractivity contribution in [2.24, 2.45) is 7.05 Å². The molecule has 1 N–H and O–H groups in total. The fourth-order valence-corrected chi connectivity index (χ4v) is 4.21. The summed E-state index contributed by atoms with van der Waals surface area (Å²) in [7, 11) is 5.16. The molecule has 9 nitrogen and oxygen atoms in total. The Bertz CT molecular complexity index is 1170. The summed E-state index contributed by atoms with van der Waals surface area (Å²) in [5.41, 5.74) is 2.88. The van der Waals surface area contributed by atoms with Gasteiger partial charge in [-0.05, 0) is 42.7 Å². The number of ether oxygens (including phenoxy) is 2. The Kier molecular flexibility index (Phi) is 7.20. The Hall–Kier alpha value is -3.75. The van der Waals surface area contributed by atoms with E-state index in [2.05, 4.69) is 10.4 Å². The summed E-state index contributed by atoms with van der Waals surface area (Å²) in [5.74, 6) is 1.93. The van der Waals surface area contributed by atoms with Crippen LogP contribution in [0, 0.1) is 0 Å². The van der Waals surface area contributed by atoms with Gasteiger partial charge in [0.2, 0.25) is 11.8 Å². The predicted octanol–water partition coefficient (Wildman–Crippen LogP) is 2.78. The van der Waals surface area contributed by atoms with Crippen LogP contribution < -0.4 is 19.7 Å². The van der Waals surface area contributed by atoms with Gasteiger partial charge in [0.15, 0.2) is 11.5 Å². The number of rotatable bonds is 9. The Morgan fingerprint density at radius 2 is 1.88 bits per heavy atom. The highest BCUT2D eigenvalue weighted by molar-refractivity contribution is 5.95. The normalized spacial score (nSPS) is 12.9. The van der Waals surface area contributed by atoms with E-state index in [1.165, 1.54) is 0 Å². The second kappa shape index (κ2) is 10.5. The van der Waals surface area contributed by atoms with Crippen LogP contribution in [0.5, 0.6) is 11.5 Å². The van der Waals surface area contributed by atoms with Crippen molar-refractivity contribution in [3.05, 3.63) is 48.2 Å². The molecule has 0 atom stereocenters. The summed E-state index contributed by atoms with van der Waals surface area (Å²) in [6, 6.07) is 11.6. The molecule has 9 heteroatoms. The molecule has 3 aromatic rings. The molecule has 4 rings (SSSR count). The van der Waals surface area contributed by atoms with Gasteiger partial charge < -0.3 is 19.4 Å². The minimum Gasteiger partial charge on any atom is -0.493 e. The summed E-state index contributed by atoms with van der Waals surface area (Å²) in [5, 5.41) is 7.58. The molecule has 1 aromatic carbocycles. The molecule has 0 radical (unpaired) electrons. The van der Waals surface area contributed by atoms with Crippen molar-refractivity contribution in [3.63, 3.8) is 0 Å². The standard InChI is InChI=1S/C25H31N5O4/c1-28-13-4-6-20(28)19-17-24-29(14-5-15-30(24)27-19)25(32)10-9-23(31)26-12-11-18-7-8-21(33-2)22(16-18)34-3/h4,6-8,13,16-17H,5,9-12,14-15H2,1-3H3,(H,26,31). The summed E-state index contributed by atoms with van der Waals surface area (Å²) in [6.45, 7) is 1.90. The number of benzene rings is 1. The molecule has 0 bridgehead atoms. The first-order valence-corrected chi connectivity index (χ1v) is 11.5. The zero-order valence-electron chi connectivity index (χ0n) is 19.9. The van der Waals surface area contributed by atoms with Crippen LogP contribution in [0.3, 0.4) is 0 Å². The van der Waals surface area contributed by atoms with Crippen LogP contribution >= 0.6 is 0 Å². The Morgan fingerprint density at radius 1 is 1.06 bits per heavy atom. The highest BCUT2D eigenvalue weighted by Crippen LogP contribution is 2.29. The first kappa shape index (κ1) is 23.4. The molecule has 3 heterocycles. The van der Waals surface area contributed by atoms with Gasteiger partial charge in [-0.25, -0.2) is 4.68 Å². The fourth-order valence-electron chi connectivity index (χ4n) is 4.21. The first-order valence-electron chi connectivity index (χ1n) is 11.5. The quantitative estimate of drug-likeness (QED) is 0.525. The van der Waals surface area contributed by atoms with Crippen molar-refractivity contribution in [1.82, 2.24) is 19.7 Å². The summed E-state index contributed by atoms with van der Waals surface area (Å²) in [4.78, 5) is 27.0. The Morgan fingerprint density at radius 3 is 2.62 bits per heavy atom. The molecule has 1 aliphatic heterocycles. The van der Waals surface area contributed by atoms with Gasteiger partial charge in [-0.1, -0.05) is 6.07 Å². The van der Waals surface area contributed by atoms with Gasteiger partial charge in [0.25, 0.3) is 0 Å². The van der Waals surface area contributed by atoms with Crippen molar-refractivity contribution in [2.75, 3.05) is 32.2 Å². The monoisotopic (exact) mass is 465 g/mol. The molecular formula is C25H31N5O4. The molecule has 1 aliphatic rings. The van der Waals surface area contributed by atoms with E-state index in [0.717, 1.165) is 35.7 Å². The lowest BCUT2D eigenvalue weighted by atomic mass is 10.1. The van der Waals surface area contributed by atoms with E-state index in [4.69, 9.17) is 9.47 Å². The van der Waals surface area contributed by atoms with Crippen molar-refractivity contribution in [1.29, 1.82) is 0 Å². The number of hydrogen-bond donors (Lipinski definition) is 1. The molecule has 0 spiro atoms. The lowest BCUT2D eigenvalue weighted by molar-refractivity contribution is -0.125. The van der Waals surface area contributed by atoms with Crippen LogP contribution in [-0.4, -0.2) is 53.5 Å². The molecule has 0 fully saturated rings. The van der Waals surface area contributed by atoms with E-state index in [9.17, 15) is 9.59 Å². The van der Waals surface area contributed by atoms with E-state index >= 15 is 0 Å². The van der Waals surface area contributed by atoms with Gasteiger partial charge >= 0.3 is 0 Å². The average Bonchev–Trinajstić information content (AvgIpc) is 3.47. The third kappa shape index (κ3) is 5.08. The van der Waals surface area contributed by atoms with Gasteiger partial charge in [-0.2, -0.15) is 5.10 Å². The third-order valence-corrected chi connectivity index (χ3v) is 6.04. The predicted molar refractivity (Wildman–Crippen MR) is 129 cm³/mol. The maximum absolute atomic E-state index is 12.9. The van der Waals surface area contributed by atoms with Crippen LogP contribution in [0.15, 0.2) is 42.6 Å². The van der Waals surface area contributed by atoms with Crippen molar-refractivity contribution in [2.45, 2.75) is 32.2 Å².